The van der Waals surface area contributed by atoms with E-state index in [0.29, 0.717) is 12.2 Å². The lowest BCUT2D eigenvalue weighted by Gasteiger charge is -2.24. The molecule has 0 aromatic heterocycles. The number of ether oxygens (including phenoxy) is 2. The zero-order valence-corrected chi connectivity index (χ0v) is 9.70. The van der Waals surface area contributed by atoms with Gasteiger partial charge in [-0.15, -0.1) is 0 Å². The first kappa shape index (κ1) is 11.9. The van der Waals surface area contributed by atoms with Gasteiger partial charge in [0.05, 0.1) is 19.8 Å². The molecule has 1 aromatic rings. The van der Waals surface area contributed by atoms with Crippen molar-refractivity contribution in [3.63, 3.8) is 0 Å². The van der Waals surface area contributed by atoms with E-state index in [1.54, 1.807) is 27.2 Å². The Morgan fingerprint density at radius 1 is 1.27 bits per heavy atom. The topological polar surface area (TPSA) is 38.7 Å². The Balaban J connectivity index is 3.23. The average Bonchev–Trinajstić information content (AvgIpc) is 2.28. The van der Waals surface area contributed by atoms with Crippen molar-refractivity contribution in [2.75, 3.05) is 14.2 Å². The van der Waals surface area contributed by atoms with E-state index in [9.17, 15) is 5.11 Å². The summed E-state index contributed by atoms with van der Waals surface area (Å²) in [6.45, 7) is 3.70. The number of aliphatic hydroxyl groups is 1. The van der Waals surface area contributed by atoms with Gasteiger partial charge in [0.25, 0.3) is 0 Å². The Kier molecular flexibility index (Phi) is 3.58. The second kappa shape index (κ2) is 4.53. The van der Waals surface area contributed by atoms with Gasteiger partial charge < -0.3 is 14.6 Å². The van der Waals surface area contributed by atoms with E-state index in [-0.39, 0.29) is 0 Å². The molecule has 1 atom stereocenters. The lowest BCUT2D eigenvalue weighted by atomic mass is 9.92. The van der Waals surface area contributed by atoms with Gasteiger partial charge >= 0.3 is 0 Å². The van der Waals surface area contributed by atoms with E-state index in [1.807, 2.05) is 19.1 Å². The largest absolute Gasteiger partial charge is 0.497 e. The maximum Gasteiger partial charge on any atom is 0.125 e. The molecule has 0 aliphatic heterocycles. The van der Waals surface area contributed by atoms with Crippen LogP contribution in [0.3, 0.4) is 0 Å². The molecule has 0 saturated carbocycles. The minimum Gasteiger partial charge on any atom is -0.497 e. The molecule has 0 saturated heterocycles. The monoisotopic (exact) mass is 210 g/mol. The predicted molar refractivity (Wildman–Crippen MR) is 59.4 cm³/mol. The fourth-order valence-electron chi connectivity index (χ4n) is 1.43. The van der Waals surface area contributed by atoms with E-state index in [0.717, 1.165) is 11.3 Å². The van der Waals surface area contributed by atoms with E-state index in [1.165, 1.54) is 0 Å². The van der Waals surface area contributed by atoms with Crippen LogP contribution in [0, 0.1) is 0 Å². The summed E-state index contributed by atoms with van der Waals surface area (Å²) in [6, 6.07) is 5.43. The highest BCUT2D eigenvalue weighted by molar-refractivity contribution is 5.43. The average molecular weight is 210 g/mol. The van der Waals surface area contributed by atoms with Crippen molar-refractivity contribution in [1.82, 2.24) is 0 Å². The van der Waals surface area contributed by atoms with Gasteiger partial charge in [-0.1, -0.05) is 6.92 Å². The second-order valence-corrected chi connectivity index (χ2v) is 3.69. The first-order valence-corrected chi connectivity index (χ1v) is 5.00. The van der Waals surface area contributed by atoms with Crippen LogP contribution in [-0.2, 0) is 5.60 Å². The van der Waals surface area contributed by atoms with Crippen molar-refractivity contribution in [2.45, 2.75) is 25.9 Å². The highest BCUT2D eigenvalue weighted by atomic mass is 16.5. The second-order valence-electron chi connectivity index (χ2n) is 3.69. The smallest absolute Gasteiger partial charge is 0.125 e. The Hall–Kier alpha value is -1.22. The van der Waals surface area contributed by atoms with Crippen LogP contribution in [0.25, 0.3) is 0 Å². The molecule has 3 heteroatoms. The van der Waals surface area contributed by atoms with Crippen molar-refractivity contribution in [2.24, 2.45) is 0 Å². The van der Waals surface area contributed by atoms with Gasteiger partial charge in [-0.3, -0.25) is 0 Å². The summed E-state index contributed by atoms with van der Waals surface area (Å²) in [5, 5.41) is 10.2. The molecule has 0 unspecified atom stereocenters. The van der Waals surface area contributed by atoms with Gasteiger partial charge in [0.15, 0.2) is 0 Å². The third-order valence-electron chi connectivity index (χ3n) is 2.68. The molecule has 0 amide bonds. The molecule has 0 bridgehead atoms. The van der Waals surface area contributed by atoms with E-state index >= 15 is 0 Å². The summed E-state index contributed by atoms with van der Waals surface area (Å²) in [5.41, 5.74) is -0.133. The molecule has 0 aliphatic rings. The lowest BCUT2D eigenvalue weighted by Crippen LogP contribution is -2.20. The van der Waals surface area contributed by atoms with E-state index in [2.05, 4.69) is 0 Å². The van der Waals surface area contributed by atoms with Crippen molar-refractivity contribution in [3.8, 4) is 11.5 Å². The van der Waals surface area contributed by atoms with Crippen LogP contribution in [0.4, 0.5) is 0 Å². The van der Waals surface area contributed by atoms with Crippen molar-refractivity contribution >= 4 is 0 Å². The highest BCUT2D eigenvalue weighted by Gasteiger charge is 2.25. The molecular formula is C12H18O3. The van der Waals surface area contributed by atoms with Gasteiger partial charge in [0, 0.05) is 5.56 Å². The minimum atomic E-state index is -0.889. The number of hydrogen-bond acceptors (Lipinski definition) is 3. The summed E-state index contributed by atoms with van der Waals surface area (Å²) in [5.74, 6) is 1.40. The van der Waals surface area contributed by atoms with Crippen molar-refractivity contribution in [3.05, 3.63) is 23.8 Å². The molecule has 1 rings (SSSR count). The zero-order chi connectivity index (χ0) is 11.5. The Labute approximate surface area is 90.6 Å². The molecule has 0 aliphatic carbocycles. The fraction of sp³-hybridized carbons (Fsp3) is 0.500. The Bertz CT molecular complexity index is 332. The molecule has 84 valence electrons. The van der Waals surface area contributed by atoms with Crippen LogP contribution < -0.4 is 9.47 Å². The van der Waals surface area contributed by atoms with Gasteiger partial charge in [-0.2, -0.15) is 0 Å². The molecular weight excluding hydrogens is 192 g/mol. The third-order valence-corrected chi connectivity index (χ3v) is 2.68. The number of benzene rings is 1. The van der Waals surface area contributed by atoms with Crippen LogP contribution in [0.2, 0.25) is 0 Å². The summed E-state index contributed by atoms with van der Waals surface area (Å²) in [4.78, 5) is 0. The highest BCUT2D eigenvalue weighted by Crippen LogP contribution is 2.34. The van der Waals surface area contributed by atoms with Crippen LogP contribution in [0.1, 0.15) is 25.8 Å². The standard InChI is InChI=1S/C12H18O3/c1-5-12(2,13)10-8-9(14-3)6-7-11(10)15-4/h6-8,13H,5H2,1-4H3/t12-/m1/s1. The SMILES string of the molecule is CC[C@@](C)(O)c1cc(OC)ccc1OC. The third kappa shape index (κ3) is 2.42. The Morgan fingerprint density at radius 3 is 2.40 bits per heavy atom. The number of hydrogen-bond donors (Lipinski definition) is 1. The van der Waals surface area contributed by atoms with Gasteiger partial charge in [-0.05, 0) is 31.5 Å². The van der Waals surface area contributed by atoms with Gasteiger partial charge in [0.2, 0.25) is 0 Å². The zero-order valence-electron chi connectivity index (χ0n) is 9.70. The number of methoxy groups -OCH3 is 2. The minimum absolute atomic E-state index is 0.622. The molecule has 3 nitrogen and oxygen atoms in total. The molecule has 0 radical (unpaired) electrons. The van der Waals surface area contributed by atoms with E-state index in [4.69, 9.17) is 9.47 Å². The lowest BCUT2D eigenvalue weighted by molar-refractivity contribution is 0.0502. The van der Waals surface area contributed by atoms with Gasteiger partial charge in [-0.25, -0.2) is 0 Å². The predicted octanol–water partition coefficient (Wildman–Crippen LogP) is 2.32. The summed E-state index contributed by atoms with van der Waals surface area (Å²) in [6.07, 6.45) is 0.622. The molecule has 1 N–H and O–H groups in total. The van der Waals surface area contributed by atoms with Crippen LogP contribution in [0.15, 0.2) is 18.2 Å². The molecule has 1 aromatic carbocycles. The normalized spacial score (nSPS) is 14.5. The molecule has 0 heterocycles. The Morgan fingerprint density at radius 2 is 1.93 bits per heavy atom. The van der Waals surface area contributed by atoms with Crippen LogP contribution >= 0.6 is 0 Å². The van der Waals surface area contributed by atoms with Crippen molar-refractivity contribution in [1.29, 1.82) is 0 Å². The van der Waals surface area contributed by atoms with Gasteiger partial charge in [0.1, 0.15) is 11.5 Å². The van der Waals surface area contributed by atoms with Crippen molar-refractivity contribution < 1.29 is 14.6 Å². The maximum absolute atomic E-state index is 10.2. The molecule has 0 spiro atoms. The van der Waals surface area contributed by atoms with Crippen LogP contribution in [0.5, 0.6) is 11.5 Å². The summed E-state index contributed by atoms with van der Waals surface area (Å²) >= 11 is 0. The van der Waals surface area contributed by atoms with E-state index < -0.39 is 5.60 Å². The van der Waals surface area contributed by atoms with Crippen LogP contribution in [-0.4, -0.2) is 19.3 Å². The number of rotatable bonds is 4. The fourth-order valence-corrected chi connectivity index (χ4v) is 1.43. The summed E-state index contributed by atoms with van der Waals surface area (Å²) in [7, 11) is 3.20. The quantitative estimate of drug-likeness (QED) is 0.828. The molecule has 15 heavy (non-hydrogen) atoms. The molecule has 0 fully saturated rings. The summed E-state index contributed by atoms with van der Waals surface area (Å²) < 4.78 is 10.3. The first-order valence-electron chi connectivity index (χ1n) is 5.00. The maximum atomic E-state index is 10.2. The first-order chi connectivity index (χ1) is 7.05.